The summed E-state index contributed by atoms with van der Waals surface area (Å²) in [6.07, 6.45) is -19.8. The molecular weight excluding hydrogens is 281 g/mol. The highest BCUT2D eigenvalue weighted by Crippen LogP contribution is 2.39. The van der Waals surface area contributed by atoms with Gasteiger partial charge in [-0.2, -0.15) is 26.3 Å². The second-order valence-corrected chi connectivity index (χ2v) is 2.24. The summed E-state index contributed by atoms with van der Waals surface area (Å²) in [6.45, 7) is 0. The largest absolute Gasteiger partial charge is 0.553 e. The van der Waals surface area contributed by atoms with Crippen molar-refractivity contribution < 1.29 is 44.5 Å². The van der Waals surface area contributed by atoms with E-state index >= 15 is 0 Å². The molecule has 0 aliphatic heterocycles. The van der Waals surface area contributed by atoms with Crippen molar-refractivity contribution in [1.29, 1.82) is 0 Å². The lowest BCUT2D eigenvalue weighted by Gasteiger charge is -2.30. The Morgan fingerprint density at radius 2 is 1.06 bits per heavy atom. The maximum absolute atomic E-state index is 11.7. The van der Waals surface area contributed by atoms with Gasteiger partial charge in [-0.05, 0) is 0 Å². The third-order valence-corrected chi connectivity index (χ3v) is 1.05. The minimum atomic E-state index is -6.67. The van der Waals surface area contributed by atoms with Crippen molar-refractivity contribution in [2.45, 2.75) is 18.9 Å². The first-order valence-corrected chi connectivity index (χ1v) is 3.14. The van der Waals surface area contributed by atoms with Crippen LogP contribution in [0.2, 0.25) is 0 Å². The molecule has 0 aromatic heterocycles. The Balaban J connectivity index is 5.66. The molecule has 0 saturated heterocycles. The van der Waals surface area contributed by atoms with Crippen molar-refractivity contribution in [1.82, 2.24) is 10.1 Å². The van der Waals surface area contributed by atoms with Crippen molar-refractivity contribution in [2.75, 3.05) is 0 Å². The number of nitro groups is 1. The number of hydrogen-bond donors (Lipinski definition) is 0. The molecule has 17 heavy (non-hydrogen) atoms. The Morgan fingerprint density at radius 3 is 1.12 bits per heavy atom. The number of halogens is 9. The summed E-state index contributed by atoms with van der Waals surface area (Å²) in [5.41, 5.74) is 0. The van der Waals surface area contributed by atoms with Gasteiger partial charge in [0.1, 0.15) is 0 Å². The van der Waals surface area contributed by atoms with Gasteiger partial charge in [-0.3, -0.25) is 0 Å². The van der Waals surface area contributed by atoms with Gasteiger partial charge in [-0.15, -0.1) is 13.2 Å². The zero-order valence-electron chi connectivity index (χ0n) is 7.06. The summed E-state index contributed by atoms with van der Waals surface area (Å²) >= 11 is 0. The van der Waals surface area contributed by atoms with Gasteiger partial charge in [0.15, 0.2) is 5.03 Å². The Kier molecular flexibility index (Phi) is 3.73. The zero-order valence-corrected chi connectivity index (χ0v) is 7.06. The molecule has 0 fully saturated rings. The van der Waals surface area contributed by atoms with E-state index in [0.29, 0.717) is 0 Å². The van der Waals surface area contributed by atoms with Gasteiger partial charge < -0.3 is 0 Å². The van der Waals surface area contributed by atoms with E-state index in [0.717, 1.165) is 0 Å². The summed E-state index contributed by atoms with van der Waals surface area (Å²) in [5.74, 6) is 0. The van der Waals surface area contributed by atoms with Crippen LogP contribution in [0.5, 0.6) is 0 Å². The highest BCUT2D eigenvalue weighted by molar-refractivity contribution is 4.59. The van der Waals surface area contributed by atoms with Crippen molar-refractivity contribution in [3.63, 3.8) is 0 Å². The van der Waals surface area contributed by atoms with Gasteiger partial charge >= 0.3 is 18.9 Å². The van der Waals surface area contributed by atoms with Crippen molar-refractivity contribution in [3.05, 3.63) is 10.1 Å². The first-order chi connectivity index (χ1) is 7.19. The van der Waals surface area contributed by atoms with Gasteiger partial charge in [-0.25, -0.2) is 10.1 Å². The van der Waals surface area contributed by atoms with E-state index in [1.807, 2.05) is 0 Å². The average Bonchev–Trinajstić information content (AvgIpc) is 1.91. The van der Waals surface area contributed by atoms with Crippen LogP contribution in [0.3, 0.4) is 0 Å². The van der Waals surface area contributed by atoms with E-state index in [-0.39, 0.29) is 0 Å². The van der Waals surface area contributed by atoms with E-state index in [1.54, 1.807) is 0 Å². The van der Waals surface area contributed by atoms with Crippen LogP contribution < -0.4 is 0 Å². The summed E-state index contributed by atoms with van der Waals surface area (Å²) in [6, 6.07) is 0. The smallest absolute Gasteiger partial charge is 0.233 e. The predicted octanol–water partition coefficient (Wildman–Crippen LogP) is 2.26. The normalized spacial score (nSPS) is 14.0. The molecule has 0 N–H and O–H groups in total. The van der Waals surface area contributed by atoms with Gasteiger partial charge in [0.25, 0.3) is 0 Å². The molecule has 0 aliphatic rings. The number of nitrogens with zero attached hydrogens (tertiary/aromatic N) is 3. The van der Waals surface area contributed by atoms with Gasteiger partial charge in [-0.1, -0.05) is 0 Å². The van der Waals surface area contributed by atoms with Crippen LogP contribution in [0.25, 0.3) is 0 Å². The molecule has 0 heterocycles. The first kappa shape index (κ1) is 15.5. The van der Waals surface area contributed by atoms with Gasteiger partial charge in [0, 0.05) is 5.01 Å². The lowest BCUT2D eigenvalue weighted by Crippen LogP contribution is -2.64. The molecule has 0 unspecified atom stereocenters. The molecule has 0 bridgehead atoms. The minimum Gasteiger partial charge on any atom is -0.233 e. The second kappa shape index (κ2) is 4.08. The highest BCUT2D eigenvalue weighted by atomic mass is 19.4. The molecule has 0 saturated carbocycles. The number of rotatable bonds is 2. The van der Waals surface area contributed by atoms with E-state index < -0.39 is 34.1 Å². The summed E-state index contributed by atoms with van der Waals surface area (Å²) in [4.78, 5) is 9.65. The van der Waals surface area contributed by atoms with Crippen LogP contribution in [0.15, 0.2) is 0 Å². The maximum Gasteiger partial charge on any atom is 0.553 e. The van der Waals surface area contributed by atoms with E-state index in [2.05, 4.69) is 0 Å². The molecule has 0 aromatic carbocycles. The molecule has 14 heteroatoms. The van der Waals surface area contributed by atoms with Crippen LogP contribution >= 0.6 is 0 Å². The third kappa shape index (κ3) is 3.79. The number of hydrazine groups is 2. The van der Waals surface area contributed by atoms with E-state index in [4.69, 9.17) is 0 Å². The summed E-state index contributed by atoms with van der Waals surface area (Å²) < 4.78 is 105. The number of hydrogen-bond acceptors (Lipinski definition) is 3. The third-order valence-electron chi connectivity index (χ3n) is 1.05. The summed E-state index contributed by atoms with van der Waals surface area (Å²) in [7, 11) is 0. The summed E-state index contributed by atoms with van der Waals surface area (Å²) in [5, 5.41) is 0.464. The highest BCUT2D eigenvalue weighted by Gasteiger charge is 2.69. The van der Waals surface area contributed by atoms with Crippen LogP contribution in [0, 0.1) is 10.1 Å². The van der Waals surface area contributed by atoms with E-state index in [1.165, 1.54) is 0 Å². The Morgan fingerprint density at radius 1 is 0.765 bits per heavy atom. The lowest BCUT2D eigenvalue weighted by atomic mass is 10.8. The number of alkyl halides is 9. The topological polar surface area (TPSA) is 49.6 Å². The van der Waals surface area contributed by atoms with E-state index in [9.17, 15) is 49.6 Å². The molecule has 0 amide bonds. The van der Waals surface area contributed by atoms with Crippen LogP contribution in [-0.2, 0) is 0 Å². The molecule has 0 radical (unpaired) electrons. The van der Waals surface area contributed by atoms with Crippen LogP contribution in [0.4, 0.5) is 39.5 Å². The van der Waals surface area contributed by atoms with Crippen LogP contribution in [0.1, 0.15) is 0 Å². The maximum atomic E-state index is 11.7. The standard InChI is InChI=1S/C3F9N3O2/c4-1(5,6)13(2(7,8)9)14(15(16)17)3(10,11)12. The molecular formula is C3F9N3O2. The molecule has 0 aliphatic carbocycles. The molecule has 102 valence electrons. The Bertz CT molecular complexity index is 277. The molecule has 5 nitrogen and oxygen atoms in total. The van der Waals surface area contributed by atoms with Gasteiger partial charge in [0.05, 0.1) is 5.12 Å². The molecule has 0 atom stereocenters. The fraction of sp³-hybridized carbons (Fsp3) is 1.00. The quantitative estimate of drug-likeness (QED) is 0.337. The lowest BCUT2D eigenvalue weighted by molar-refractivity contribution is -0.781. The monoisotopic (exact) mass is 281 g/mol. The second-order valence-electron chi connectivity index (χ2n) is 2.24. The predicted molar refractivity (Wildman–Crippen MR) is 28.8 cm³/mol. The molecule has 0 spiro atoms. The van der Waals surface area contributed by atoms with Crippen molar-refractivity contribution in [3.8, 4) is 0 Å². The molecule has 0 aromatic rings. The fourth-order valence-electron chi connectivity index (χ4n) is 0.638. The van der Waals surface area contributed by atoms with Crippen molar-refractivity contribution >= 4 is 0 Å². The van der Waals surface area contributed by atoms with Crippen molar-refractivity contribution in [2.24, 2.45) is 0 Å². The Labute approximate surface area is 85.1 Å². The van der Waals surface area contributed by atoms with Crippen LogP contribution in [-0.4, -0.2) is 34.1 Å². The minimum absolute atomic E-state index is 2.89. The average molecular weight is 281 g/mol. The molecule has 0 rings (SSSR count). The fourth-order valence-corrected chi connectivity index (χ4v) is 0.638. The van der Waals surface area contributed by atoms with Gasteiger partial charge in [0.2, 0.25) is 0 Å². The Hall–Kier alpha value is -1.47. The SMILES string of the molecule is O=[N+]([O-])N(N(C(F)(F)F)C(F)(F)F)C(F)(F)F. The first-order valence-electron chi connectivity index (χ1n) is 3.14. The zero-order chi connectivity index (χ0) is 14.2.